The first kappa shape index (κ1) is 19.3. The Morgan fingerprint density at radius 3 is 2.50 bits per heavy atom. The Bertz CT molecular complexity index is 723. The van der Waals surface area contributed by atoms with E-state index < -0.39 is 0 Å². The molecule has 2 saturated heterocycles. The van der Waals surface area contributed by atoms with Crippen LogP contribution in [0, 0.1) is 0 Å². The second-order valence-corrected chi connectivity index (χ2v) is 8.03. The smallest absolute Gasteiger partial charge is 0.253 e. The highest BCUT2D eigenvalue weighted by Crippen LogP contribution is 2.24. The van der Waals surface area contributed by atoms with E-state index in [9.17, 15) is 4.79 Å². The summed E-state index contributed by atoms with van der Waals surface area (Å²) in [5.74, 6) is 1.10. The van der Waals surface area contributed by atoms with Gasteiger partial charge in [-0.1, -0.05) is 30.3 Å². The van der Waals surface area contributed by atoms with Crippen LogP contribution in [0.5, 0.6) is 0 Å². The van der Waals surface area contributed by atoms with Crippen molar-refractivity contribution in [1.29, 1.82) is 0 Å². The molecule has 0 radical (unpaired) electrons. The van der Waals surface area contributed by atoms with E-state index in [-0.39, 0.29) is 18.3 Å². The van der Waals surface area contributed by atoms with Gasteiger partial charge < -0.3 is 10.2 Å². The summed E-state index contributed by atoms with van der Waals surface area (Å²) in [6.45, 7) is 1.72. The van der Waals surface area contributed by atoms with Gasteiger partial charge in [-0.25, -0.2) is 0 Å². The molecule has 2 fully saturated rings. The molecular formula is C21H25ClN2OS. The molecule has 5 heteroatoms. The number of carbonyl (C=O) groups is 1. The van der Waals surface area contributed by atoms with Gasteiger partial charge in [0.05, 0.1) is 0 Å². The molecular weight excluding hydrogens is 364 g/mol. The van der Waals surface area contributed by atoms with Crippen LogP contribution in [-0.2, 0) is 5.75 Å². The molecule has 0 aliphatic carbocycles. The van der Waals surface area contributed by atoms with Crippen LogP contribution < -0.4 is 5.32 Å². The summed E-state index contributed by atoms with van der Waals surface area (Å²) in [5, 5.41) is 3.63. The summed E-state index contributed by atoms with van der Waals surface area (Å²) in [5.41, 5.74) is 2.06. The lowest BCUT2D eigenvalue weighted by Gasteiger charge is -2.24. The predicted octanol–water partition coefficient (Wildman–Crippen LogP) is 4.37. The summed E-state index contributed by atoms with van der Waals surface area (Å²) in [6.07, 6.45) is 3.54. The highest BCUT2D eigenvalue weighted by Gasteiger charge is 2.31. The average molecular weight is 389 g/mol. The van der Waals surface area contributed by atoms with Crippen molar-refractivity contribution in [3.05, 3.63) is 65.7 Å². The summed E-state index contributed by atoms with van der Waals surface area (Å²) >= 11 is 1.82. The van der Waals surface area contributed by atoms with Gasteiger partial charge in [0.15, 0.2) is 0 Å². The van der Waals surface area contributed by atoms with Gasteiger partial charge in [0, 0.05) is 41.4 Å². The maximum absolute atomic E-state index is 12.8. The minimum Gasteiger partial charge on any atom is -0.337 e. The quantitative estimate of drug-likeness (QED) is 0.789. The number of nitrogens with one attached hydrogen (secondary N) is 1. The fraction of sp³-hybridized carbons (Fsp3) is 0.381. The summed E-state index contributed by atoms with van der Waals surface area (Å²) in [4.78, 5) is 16.1. The number of fused-ring (bicyclic) bond motifs is 2. The van der Waals surface area contributed by atoms with Gasteiger partial charge in [-0.2, -0.15) is 0 Å². The van der Waals surface area contributed by atoms with E-state index >= 15 is 0 Å². The first-order valence-electron chi connectivity index (χ1n) is 9.10. The largest absolute Gasteiger partial charge is 0.337 e. The molecule has 138 valence electrons. The summed E-state index contributed by atoms with van der Waals surface area (Å²) < 4.78 is 0. The fourth-order valence-electron chi connectivity index (χ4n) is 3.74. The molecule has 4 rings (SSSR count). The van der Waals surface area contributed by atoms with E-state index in [0.717, 1.165) is 30.8 Å². The number of benzene rings is 2. The van der Waals surface area contributed by atoms with Gasteiger partial charge >= 0.3 is 0 Å². The molecule has 1 N–H and O–H groups in total. The van der Waals surface area contributed by atoms with Gasteiger partial charge in [0.2, 0.25) is 0 Å². The van der Waals surface area contributed by atoms with Crippen LogP contribution in [0.4, 0.5) is 0 Å². The minimum absolute atomic E-state index is 0. The predicted molar refractivity (Wildman–Crippen MR) is 110 cm³/mol. The normalized spacial score (nSPS) is 21.8. The second kappa shape index (κ2) is 8.94. The van der Waals surface area contributed by atoms with E-state index in [1.54, 1.807) is 0 Å². The third-order valence-electron chi connectivity index (χ3n) is 5.16. The molecule has 3 nitrogen and oxygen atoms in total. The Balaban J connectivity index is 0.00000196. The van der Waals surface area contributed by atoms with Crippen molar-refractivity contribution in [2.45, 2.75) is 42.0 Å². The van der Waals surface area contributed by atoms with E-state index in [1.165, 1.54) is 23.3 Å². The topological polar surface area (TPSA) is 32.3 Å². The molecule has 0 spiro atoms. The van der Waals surface area contributed by atoms with E-state index in [2.05, 4.69) is 41.7 Å². The number of nitrogens with zero attached hydrogens (tertiary/aromatic N) is 1. The van der Waals surface area contributed by atoms with Crippen molar-refractivity contribution >= 4 is 30.1 Å². The Morgan fingerprint density at radius 1 is 1.00 bits per heavy atom. The molecule has 2 aromatic carbocycles. The molecule has 2 heterocycles. The zero-order valence-electron chi connectivity index (χ0n) is 14.8. The molecule has 2 unspecified atom stereocenters. The van der Waals surface area contributed by atoms with Gasteiger partial charge in [0.25, 0.3) is 5.91 Å². The van der Waals surface area contributed by atoms with Crippen LogP contribution in [0.1, 0.15) is 35.2 Å². The molecule has 0 saturated carbocycles. The number of likely N-dealkylation sites (tertiary alicyclic amines) is 1. The van der Waals surface area contributed by atoms with Gasteiger partial charge in [0.1, 0.15) is 0 Å². The molecule has 1 amide bonds. The number of hydrogen-bond donors (Lipinski definition) is 1. The fourth-order valence-corrected chi connectivity index (χ4v) is 4.61. The number of carbonyl (C=O) groups excluding carboxylic acids is 1. The monoisotopic (exact) mass is 388 g/mol. The third kappa shape index (κ3) is 4.61. The molecule has 2 aromatic rings. The Labute approximate surface area is 166 Å². The van der Waals surface area contributed by atoms with E-state index in [4.69, 9.17) is 0 Å². The van der Waals surface area contributed by atoms with Crippen molar-refractivity contribution < 1.29 is 4.79 Å². The number of hydrogen-bond acceptors (Lipinski definition) is 3. The van der Waals surface area contributed by atoms with Crippen molar-refractivity contribution in [2.75, 3.05) is 13.1 Å². The standard InChI is InChI=1S/C21H24N2OS.ClH/c24-21(23-13-12-18-10-11-19(14-23)22-18)17-8-6-16(7-9-17)15-25-20-4-2-1-3-5-20;/h1-9,18-19,22H,10-15H2;1H. The van der Waals surface area contributed by atoms with Crippen LogP contribution in [0.2, 0.25) is 0 Å². The van der Waals surface area contributed by atoms with Crippen molar-refractivity contribution in [1.82, 2.24) is 10.2 Å². The molecule has 2 aliphatic heterocycles. The minimum atomic E-state index is 0. The van der Waals surface area contributed by atoms with Crippen LogP contribution in [0.15, 0.2) is 59.5 Å². The van der Waals surface area contributed by atoms with Crippen molar-refractivity contribution in [2.24, 2.45) is 0 Å². The Morgan fingerprint density at radius 2 is 1.73 bits per heavy atom. The maximum atomic E-state index is 12.8. The highest BCUT2D eigenvalue weighted by molar-refractivity contribution is 7.98. The van der Waals surface area contributed by atoms with Crippen molar-refractivity contribution in [3.63, 3.8) is 0 Å². The molecule has 0 aromatic heterocycles. The number of rotatable bonds is 4. The Kier molecular flexibility index (Phi) is 6.63. The zero-order chi connectivity index (χ0) is 17.1. The van der Waals surface area contributed by atoms with Gasteiger partial charge in [-0.05, 0) is 49.1 Å². The first-order valence-corrected chi connectivity index (χ1v) is 10.1. The lowest BCUT2D eigenvalue weighted by atomic mass is 10.1. The lowest BCUT2D eigenvalue weighted by Crippen LogP contribution is -2.39. The van der Waals surface area contributed by atoms with Crippen LogP contribution in [-0.4, -0.2) is 36.0 Å². The van der Waals surface area contributed by atoms with E-state index in [1.807, 2.05) is 34.9 Å². The van der Waals surface area contributed by atoms with Crippen LogP contribution in [0.3, 0.4) is 0 Å². The van der Waals surface area contributed by atoms with Crippen LogP contribution in [0.25, 0.3) is 0 Å². The average Bonchev–Trinajstić information content (AvgIpc) is 2.99. The maximum Gasteiger partial charge on any atom is 0.253 e. The first-order chi connectivity index (χ1) is 12.3. The summed E-state index contributed by atoms with van der Waals surface area (Å²) in [7, 11) is 0. The van der Waals surface area contributed by atoms with Gasteiger partial charge in [-0.3, -0.25) is 4.79 Å². The second-order valence-electron chi connectivity index (χ2n) is 6.98. The highest BCUT2D eigenvalue weighted by atomic mass is 35.5. The molecule has 26 heavy (non-hydrogen) atoms. The number of amides is 1. The Hall–Kier alpha value is -1.49. The number of thioether (sulfide) groups is 1. The molecule has 2 atom stereocenters. The van der Waals surface area contributed by atoms with Gasteiger partial charge in [-0.15, -0.1) is 24.2 Å². The van der Waals surface area contributed by atoms with Crippen LogP contribution >= 0.6 is 24.2 Å². The molecule has 2 bridgehead atoms. The number of halogens is 1. The SMILES string of the molecule is Cl.O=C(c1ccc(CSc2ccccc2)cc1)N1CCC2CCC(C1)N2. The van der Waals surface area contributed by atoms with E-state index in [0.29, 0.717) is 12.1 Å². The third-order valence-corrected chi connectivity index (χ3v) is 6.24. The molecule has 2 aliphatic rings. The zero-order valence-corrected chi connectivity index (χ0v) is 16.4. The summed E-state index contributed by atoms with van der Waals surface area (Å²) in [6, 6.07) is 19.7. The lowest BCUT2D eigenvalue weighted by molar-refractivity contribution is 0.0748. The van der Waals surface area contributed by atoms with Crippen molar-refractivity contribution in [3.8, 4) is 0 Å².